The molecule has 0 radical (unpaired) electrons. The molecule has 9 heavy (non-hydrogen) atoms. The van der Waals surface area contributed by atoms with Crippen molar-refractivity contribution in [2.45, 2.75) is 25.3 Å². The Bertz CT molecular complexity index is 165. The van der Waals surface area contributed by atoms with E-state index < -0.39 is 0 Å². The second-order valence-corrected chi connectivity index (χ2v) is 4.51. The smallest absolute Gasteiger partial charge is 0.129 e. The summed E-state index contributed by atoms with van der Waals surface area (Å²) < 4.78 is 1.44. The van der Waals surface area contributed by atoms with Gasteiger partial charge in [-0.05, 0) is 12.8 Å². The van der Waals surface area contributed by atoms with Crippen LogP contribution in [0, 0.1) is 5.41 Å². The van der Waals surface area contributed by atoms with Crippen LogP contribution in [0.15, 0.2) is 0 Å². The first-order chi connectivity index (χ1) is 4.25. The first-order valence-electron chi connectivity index (χ1n) is 4.10. The number of hydrogen-bond acceptors (Lipinski definition) is 0. The Balaban J connectivity index is 1.83. The molecule has 1 aliphatic heterocycles. The van der Waals surface area contributed by atoms with Crippen LogP contribution in [0.2, 0.25) is 0 Å². The molecule has 1 nitrogen and oxygen atoms in total. The van der Waals surface area contributed by atoms with Gasteiger partial charge in [0.1, 0.15) is 13.1 Å². The predicted molar refractivity (Wildman–Crippen MR) is 36.0 cm³/mol. The Morgan fingerprint density at radius 2 is 2.00 bits per heavy atom. The van der Waals surface area contributed by atoms with Gasteiger partial charge in [-0.15, -0.1) is 0 Å². The van der Waals surface area contributed by atoms with Gasteiger partial charge < -0.3 is 4.48 Å². The maximum absolute atomic E-state index is 2.43. The molecule has 0 aromatic heterocycles. The summed E-state index contributed by atoms with van der Waals surface area (Å²) >= 11 is 0. The first-order valence-corrected chi connectivity index (χ1v) is 4.10. The lowest BCUT2D eigenvalue weighted by Gasteiger charge is -2.09. The van der Waals surface area contributed by atoms with Crippen molar-refractivity contribution < 1.29 is 4.48 Å². The summed E-state index contributed by atoms with van der Waals surface area (Å²) in [7, 11) is 2.43. The quantitative estimate of drug-likeness (QED) is 0.361. The zero-order chi connectivity index (χ0) is 6.11. The molecule has 0 bridgehead atoms. The third-order valence-corrected chi connectivity index (χ3v) is 3.72. The Morgan fingerprint density at radius 1 is 1.33 bits per heavy atom. The summed E-state index contributed by atoms with van der Waals surface area (Å²) in [6, 6.07) is 1.12. The molecule has 0 aromatic carbocycles. The largest absolute Gasteiger partial charge is 0.314 e. The molecule has 0 amide bonds. The van der Waals surface area contributed by atoms with E-state index in [1.165, 1.54) is 17.6 Å². The van der Waals surface area contributed by atoms with E-state index in [-0.39, 0.29) is 0 Å². The molecule has 1 unspecified atom stereocenters. The van der Waals surface area contributed by atoms with Crippen LogP contribution in [0.1, 0.15) is 19.3 Å². The van der Waals surface area contributed by atoms with Crippen LogP contribution >= 0.6 is 0 Å². The average Bonchev–Trinajstić information content (AvgIpc) is 2.61. The molecule has 3 rings (SSSR count). The SMILES string of the molecule is C[N+]1(C2CC23CC3)CC1. The third-order valence-electron chi connectivity index (χ3n) is 3.72. The number of hydrogen-bond donors (Lipinski definition) is 0. The maximum Gasteiger partial charge on any atom is 0.129 e. The standard InChI is InChI=1S/C8H14N/c1-9(4-5-9)7-6-8(7)2-3-8/h7H,2-6H2,1H3/q+1. The summed E-state index contributed by atoms with van der Waals surface area (Å²) in [4.78, 5) is 0. The minimum absolute atomic E-state index is 0.936. The van der Waals surface area contributed by atoms with E-state index in [0.717, 1.165) is 11.5 Å². The van der Waals surface area contributed by atoms with Crippen LogP contribution in [0.3, 0.4) is 0 Å². The molecular formula is C8H14N+. The van der Waals surface area contributed by atoms with Crippen LogP contribution in [-0.2, 0) is 0 Å². The lowest BCUT2D eigenvalue weighted by molar-refractivity contribution is -0.792. The van der Waals surface area contributed by atoms with Crippen LogP contribution in [0.25, 0.3) is 0 Å². The zero-order valence-corrected chi connectivity index (χ0v) is 6.06. The third kappa shape index (κ3) is 0.454. The fraction of sp³-hybridized carbons (Fsp3) is 1.00. The summed E-state index contributed by atoms with van der Waals surface area (Å²) in [5.74, 6) is 0. The Hall–Kier alpha value is -0.0400. The molecule has 1 heteroatoms. The second kappa shape index (κ2) is 0.968. The number of quaternary nitrogens is 1. The number of nitrogens with zero attached hydrogens (tertiary/aromatic N) is 1. The summed E-state index contributed by atoms with van der Waals surface area (Å²) in [6.45, 7) is 2.96. The zero-order valence-electron chi connectivity index (χ0n) is 6.06. The maximum atomic E-state index is 2.43. The van der Waals surface area contributed by atoms with E-state index in [1.54, 1.807) is 19.3 Å². The molecule has 3 fully saturated rings. The number of likely N-dealkylation sites (N-methyl/N-ethyl adjacent to an activating group) is 1. The van der Waals surface area contributed by atoms with Crippen molar-refractivity contribution in [2.24, 2.45) is 5.41 Å². The van der Waals surface area contributed by atoms with Crippen molar-refractivity contribution in [2.75, 3.05) is 20.1 Å². The number of rotatable bonds is 1. The molecule has 50 valence electrons. The van der Waals surface area contributed by atoms with Crippen molar-refractivity contribution in [1.82, 2.24) is 0 Å². The van der Waals surface area contributed by atoms with Gasteiger partial charge >= 0.3 is 0 Å². The van der Waals surface area contributed by atoms with Gasteiger partial charge in [0.25, 0.3) is 0 Å². The van der Waals surface area contributed by atoms with E-state index in [9.17, 15) is 0 Å². The topological polar surface area (TPSA) is 0 Å². The van der Waals surface area contributed by atoms with Crippen LogP contribution in [-0.4, -0.2) is 30.7 Å². The van der Waals surface area contributed by atoms with E-state index in [1.807, 2.05) is 0 Å². The lowest BCUT2D eigenvalue weighted by atomic mass is 10.4. The molecule has 2 aliphatic carbocycles. The Labute approximate surface area is 56.2 Å². The average molecular weight is 124 g/mol. The van der Waals surface area contributed by atoms with Crippen molar-refractivity contribution in [3.05, 3.63) is 0 Å². The monoisotopic (exact) mass is 124 g/mol. The lowest BCUT2D eigenvalue weighted by Crippen LogP contribution is -2.24. The van der Waals surface area contributed by atoms with Gasteiger partial charge in [-0.1, -0.05) is 0 Å². The molecule has 2 saturated carbocycles. The van der Waals surface area contributed by atoms with Gasteiger partial charge in [-0.2, -0.15) is 0 Å². The van der Waals surface area contributed by atoms with Crippen LogP contribution < -0.4 is 0 Å². The summed E-state index contributed by atoms with van der Waals surface area (Å²) in [6.07, 6.45) is 4.69. The van der Waals surface area contributed by atoms with Gasteiger partial charge in [-0.3, -0.25) is 0 Å². The Kier molecular flexibility index (Phi) is 0.508. The van der Waals surface area contributed by atoms with Crippen molar-refractivity contribution in [3.8, 4) is 0 Å². The Morgan fingerprint density at radius 3 is 2.33 bits per heavy atom. The highest BCUT2D eigenvalue weighted by molar-refractivity contribution is 5.15. The van der Waals surface area contributed by atoms with Gasteiger partial charge in [0.15, 0.2) is 0 Å². The molecule has 3 aliphatic rings. The van der Waals surface area contributed by atoms with E-state index in [0.29, 0.717) is 0 Å². The van der Waals surface area contributed by atoms with Gasteiger partial charge in [0.05, 0.1) is 13.1 Å². The fourth-order valence-corrected chi connectivity index (χ4v) is 2.38. The van der Waals surface area contributed by atoms with Crippen molar-refractivity contribution >= 4 is 0 Å². The van der Waals surface area contributed by atoms with Crippen LogP contribution in [0.5, 0.6) is 0 Å². The summed E-state index contributed by atoms with van der Waals surface area (Å²) in [5.41, 5.74) is 0.936. The van der Waals surface area contributed by atoms with Crippen molar-refractivity contribution in [3.63, 3.8) is 0 Å². The molecule has 0 N–H and O–H groups in total. The minimum atomic E-state index is 0.936. The van der Waals surface area contributed by atoms with E-state index in [4.69, 9.17) is 0 Å². The molecule has 0 aromatic rings. The highest BCUT2D eigenvalue weighted by Gasteiger charge is 2.73. The first kappa shape index (κ1) is 4.73. The summed E-state index contributed by atoms with van der Waals surface area (Å²) in [5, 5.41) is 0. The molecule has 1 atom stereocenters. The molecule has 1 heterocycles. The molecule has 1 saturated heterocycles. The fourth-order valence-electron chi connectivity index (χ4n) is 2.38. The van der Waals surface area contributed by atoms with E-state index in [2.05, 4.69) is 7.05 Å². The predicted octanol–water partition coefficient (Wildman–Crippen LogP) is 0.999. The van der Waals surface area contributed by atoms with Gasteiger partial charge in [-0.25, -0.2) is 0 Å². The van der Waals surface area contributed by atoms with Gasteiger partial charge in [0.2, 0.25) is 0 Å². The normalized spacial score (nSPS) is 47.0. The van der Waals surface area contributed by atoms with Crippen molar-refractivity contribution in [1.29, 1.82) is 0 Å². The van der Waals surface area contributed by atoms with E-state index >= 15 is 0 Å². The highest BCUT2D eigenvalue weighted by atomic mass is 15.5. The van der Waals surface area contributed by atoms with Crippen LogP contribution in [0.4, 0.5) is 0 Å². The second-order valence-electron chi connectivity index (χ2n) is 4.51. The highest BCUT2D eigenvalue weighted by Crippen LogP contribution is 2.70. The minimum Gasteiger partial charge on any atom is -0.314 e. The van der Waals surface area contributed by atoms with Gasteiger partial charge in [0, 0.05) is 11.8 Å². The molecule has 1 spiro atoms. The molecular weight excluding hydrogens is 110 g/mol.